The third-order valence-electron chi connectivity index (χ3n) is 11.6. The maximum Gasteiger partial charge on any atom is 0.275 e. The number of anilines is 1. The fraction of sp³-hybridized carbons (Fsp3) is 0.289. The van der Waals surface area contributed by atoms with Crippen LogP contribution < -0.4 is 9.64 Å². The monoisotopic (exact) mass is 826 g/mol. The average molecular weight is 828 g/mol. The van der Waals surface area contributed by atoms with Crippen LogP contribution in [0.25, 0.3) is 50.3 Å². The minimum atomic E-state index is -0.102. The lowest BCUT2D eigenvalue weighted by Crippen LogP contribution is -2.42. The first-order chi connectivity index (χ1) is 28.3. The van der Waals surface area contributed by atoms with Crippen LogP contribution in [0, 0.1) is 34.6 Å². The summed E-state index contributed by atoms with van der Waals surface area (Å²) in [4.78, 5) is 30.7. The van der Waals surface area contributed by atoms with Crippen molar-refractivity contribution in [3.8, 4) is 34.2 Å². The number of nitrogens with zero attached hydrogens (tertiary/aromatic N) is 10. The Morgan fingerprint density at radius 1 is 0.898 bits per heavy atom. The predicted molar refractivity (Wildman–Crippen MR) is 233 cm³/mol. The maximum absolute atomic E-state index is 15.3. The molecule has 0 saturated heterocycles. The smallest absolute Gasteiger partial charge is 0.275 e. The molecule has 14 heteroatoms. The number of carbonyl (C=O) groups is 1. The second-order valence-electron chi connectivity index (χ2n) is 15.6. The van der Waals surface area contributed by atoms with Crippen LogP contribution in [0.4, 0.5) is 5.69 Å². The number of aryl methyl sites for hydroxylation is 7. The number of ether oxygens (including phenoxy) is 1. The Morgan fingerprint density at radius 3 is 2.41 bits per heavy atom. The van der Waals surface area contributed by atoms with Gasteiger partial charge in [0.2, 0.25) is 0 Å². The maximum atomic E-state index is 15.3. The average Bonchev–Trinajstić information content (AvgIpc) is 3.97. The van der Waals surface area contributed by atoms with Crippen molar-refractivity contribution in [2.45, 2.75) is 60.4 Å². The van der Waals surface area contributed by atoms with Crippen molar-refractivity contribution >= 4 is 56.6 Å². The van der Waals surface area contributed by atoms with Gasteiger partial charge in [-0.25, -0.2) is 15.0 Å². The van der Waals surface area contributed by atoms with Crippen LogP contribution in [0.5, 0.6) is 5.75 Å². The Balaban J connectivity index is 1.14. The molecule has 300 valence electrons. The first-order valence-electron chi connectivity index (χ1n) is 19.7. The van der Waals surface area contributed by atoms with Crippen LogP contribution in [0.15, 0.2) is 67.3 Å². The minimum Gasteiger partial charge on any atom is -0.494 e. The number of hydrogen-bond donors (Lipinski definition) is 0. The zero-order valence-electron chi connectivity index (χ0n) is 34.3. The summed E-state index contributed by atoms with van der Waals surface area (Å²) in [5, 5.41) is 12.8. The topological polar surface area (TPSA) is 114 Å². The van der Waals surface area contributed by atoms with Crippen LogP contribution in [-0.2, 0) is 20.5 Å². The lowest BCUT2D eigenvalue weighted by Gasteiger charge is -2.34. The van der Waals surface area contributed by atoms with E-state index in [1.165, 1.54) is 0 Å². The van der Waals surface area contributed by atoms with Gasteiger partial charge in [0, 0.05) is 88.5 Å². The molecule has 3 aromatic carbocycles. The number of aromatic nitrogens is 9. The highest BCUT2D eigenvalue weighted by molar-refractivity contribution is 6.35. The Kier molecular flexibility index (Phi) is 9.59. The summed E-state index contributed by atoms with van der Waals surface area (Å²) in [6.07, 6.45) is 6.66. The molecule has 5 aromatic heterocycles. The number of carbonyl (C=O) groups excluding carboxylic acids is 1. The quantitative estimate of drug-likeness (QED) is 0.133. The standard InChI is InChI=1S/C45H44Cl2N10O2/c1-24-18-31(19-25(2)40(24)47)59-17-9-10-32-33-12-13-35(46)39(38-28(5)51-54(8)29(38)6)41(33)57-27(4)21-55(44(58)42(32)57)37-22-53(7)36-14-11-30(20-34(36)37)43-49-23-56(52-43)45-48-16-15-26(3)50-45/h11-16,18-20,22-23,27H,9-10,17,21H2,1-8H3/t27-/m1/s1. The van der Waals surface area contributed by atoms with E-state index in [2.05, 4.69) is 56.1 Å². The van der Waals surface area contributed by atoms with E-state index in [4.69, 9.17) is 38.1 Å². The van der Waals surface area contributed by atoms with E-state index in [9.17, 15) is 0 Å². The van der Waals surface area contributed by atoms with E-state index < -0.39 is 0 Å². The summed E-state index contributed by atoms with van der Waals surface area (Å²) >= 11 is 13.6. The van der Waals surface area contributed by atoms with Gasteiger partial charge in [-0.3, -0.25) is 9.48 Å². The Labute approximate surface area is 352 Å². The number of halogens is 2. The van der Waals surface area contributed by atoms with Crippen molar-refractivity contribution in [2.24, 2.45) is 14.1 Å². The van der Waals surface area contributed by atoms with Gasteiger partial charge in [0.1, 0.15) is 17.8 Å². The highest BCUT2D eigenvalue weighted by Crippen LogP contribution is 2.46. The Morgan fingerprint density at radius 2 is 1.68 bits per heavy atom. The molecular weight excluding hydrogens is 783 g/mol. The third kappa shape index (κ3) is 6.45. The first-order valence-corrected chi connectivity index (χ1v) is 20.4. The Bertz CT molecular complexity index is 2970. The fourth-order valence-electron chi connectivity index (χ4n) is 8.70. The van der Waals surface area contributed by atoms with Crippen LogP contribution in [0.3, 0.4) is 0 Å². The normalized spacial score (nSPS) is 14.2. The summed E-state index contributed by atoms with van der Waals surface area (Å²) in [7, 11) is 3.95. The van der Waals surface area contributed by atoms with Crippen molar-refractivity contribution in [1.82, 2.24) is 43.6 Å². The van der Waals surface area contributed by atoms with Crippen LogP contribution in [0.2, 0.25) is 10.0 Å². The first kappa shape index (κ1) is 38.5. The van der Waals surface area contributed by atoms with Crippen molar-refractivity contribution in [3.05, 3.63) is 117 Å². The van der Waals surface area contributed by atoms with Gasteiger partial charge < -0.3 is 18.8 Å². The molecule has 0 saturated carbocycles. The SMILES string of the molecule is Cc1ccnc(-n2cnc(-c3ccc4c(c3)c(N3C[C@@H](C)n5c(c(CCCOc6cc(C)c(Cl)c(C)c6)c6ccc(Cl)c(-c7c(C)nn(C)c7C)c65)C3=O)cn4C)n2)n1. The zero-order valence-corrected chi connectivity index (χ0v) is 35.8. The highest BCUT2D eigenvalue weighted by atomic mass is 35.5. The van der Waals surface area contributed by atoms with Crippen LogP contribution in [0.1, 0.15) is 63.6 Å². The zero-order chi connectivity index (χ0) is 41.4. The molecule has 59 heavy (non-hydrogen) atoms. The van der Waals surface area contributed by atoms with Gasteiger partial charge in [-0.15, -0.1) is 5.10 Å². The van der Waals surface area contributed by atoms with E-state index in [1.54, 1.807) is 17.2 Å². The molecule has 6 heterocycles. The molecule has 1 aliphatic heterocycles. The number of amides is 1. The molecule has 0 spiro atoms. The largest absolute Gasteiger partial charge is 0.494 e. The van der Waals surface area contributed by atoms with E-state index in [0.29, 0.717) is 48.5 Å². The van der Waals surface area contributed by atoms with Gasteiger partial charge >= 0.3 is 0 Å². The van der Waals surface area contributed by atoms with Gasteiger partial charge in [-0.1, -0.05) is 29.3 Å². The summed E-state index contributed by atoms with van der Waals surface area (Å²) in [5.74, 6) is 1.69. The molecule has 8 aromatic rings. The lowest BCUT2D eigenvalue weighted by atomic mass is 9.98. The lowest BCUT2D eigenvalue weighted by molar-refractivity contribution is 0.0957. The molecule has 0 N–H and O–H groups in total. The number of rotatable bonds is 9. The summed E-state index contributed by atoms with van der Waals surface area (Å²) in [6, 6.07) is 15.8. The van der Waals surface area contributed by atoms with Gasteiger partial charge in [0.05, 0.1) is 28.5 Å². The van der Waals surface area contributed by atoms with Crippen LogP contribution in [-0.4, -0.2) is 62.7 Å². The predicted octanol–water partition coefficient (Wildman–Crippen LogP) is 9.65. The van der Waals surface area contributed by atoms with Crippen molar-refractivity contribution in [2.75, 3.05) is 18.1 Å². The second-order valence-corrected chi connectivity index (χ2v) is 16.4. The molecule has 1 aliphatic rings. The van der Waals surface area contributed by atoms with Crippen molar-refractivity contribution < 1.29 is 9.53 Å². The van der Waals surface area contributed by atoms with Gasteiger partial charge in [-0.2, -0.15) is 9.78 Å². The van der Waals surface area contributed by atoms with E-state index in [0.717, 1.165) is 88.7 Å². The number of hydrogen-bond acceptors (Lipinski definition) is 7. The molecule has 0 aliphatic carbocycles. The third-order valence-corrected chi connectivity index (χ3v) is 12.5. The van der Waals surface area contributed by atoms with E-state index >= 15 is 4.79 Å². The molecular formula is C45H44Cl2N10O2. The number of fused-ring (bicyclic) bond motifs is 4. The fourth-order valence-corrected chi connectivity index (χ4v) is 9.06. The number of benzene rings is 3. The molecule has 9 rings (SSSR count). The van der Waals surface area contributed by atoms with Gasteiger partial charge in [0.15, 0.2) is 5.82 Å². The minimum absolute atomic E-state index is 0.0715. The molecule has 0 bridgehead atoms. The molecule has 1 amide bonds. The molecule has 1 atom stereocenters. The molecule has 12 nitrogen and oxygen atoms in total. The Hall–Kier alpha value is -5.98. The van der Waals surface area contributed by atoms with Crippen LogP contribution >= 0.6 is 23.2 Å². The van der Waals surface area contributed by atoms with Gasteiger partial charge in [0.25, 0.3) is 11.9 Å². The van der Waals surface area contributed by atoms with Crippen molar-refractivity contribution in [3.63, 3.8) is 0 Å². The highest BCUT2D eigenvalue weighted by Gasteiger charge is 2.37. The summed E-state index contributed by atoms with van der Waals surface area (Å²) in [6.45, 7) is 13.0. The van der Waals surface area contributed by atoms with Crippen molar-refractivity contribution in [1.29, 1.82) is 0 Å². The molecule has 0 fully saturated rings. The summed E-state index contributed by atoms with van der Waals surface area (Å²) in [5.41, 5.74) is 11.8. The molecule has 0 radical (unpaired) electrons. The van der Waals surface area contributed by atoms with E-state index in [1.807, 2.05) is 87.9 Å². The summed E-state index contributed by atoms with van der Waals surface area (Å²) < 4.78 is 14.0. The van der Waals surface area contributed by atoms with Gasteiger partial charge in [-0.05, 0) is 114 Å². The second kappa shape index (κ2) is 14.7. The van der Waals surface area contributed by atoms with E-state index in [-0.39, 0.29) is 11.9 Å². The molecule has 0 unspecified atom stereocenters.